The van der Waals surface area contributed by atoms with Gasteiger partial charge in [0.1, 0.15) is 0 Å². The monoisotopic (exact) mass is 341 g/mol. The Bertz CT molecular complexity index is 823. The van der Waals surface area contributed by atoms with Crippen LogP contribution in [0.1, 0.15) is 17.4 Å². The third kappa shape index (κ3) is 3.78. The van der Waals surface area contributed by atoms with Crippen molar-refractivity contribution < 1.29 is 0 Å². The van der Waals surface area contributed by atoms with Crippen LogP contribution in [-0.2, 0) is 0 Å². The van der Waals surface area contributed by atoms with Crippen LogP contribution >= 0.6 is 22.9 Å². The standard InChI is InChI=1S/C18H16ClN3S/c1-12(14-8-10-16(19)11-9-14)21-22-18-20-17(13(2)23-18)15-6-4-3-5-7-15/h3-11H,1-2H3,(H,20,22)/b21-12-. The number of nitrogens with one attached hydrogen (secondary N) is 1. The molecule has 0 atom stereocenters. The second-order valence-electron chi connectivity index (χ2n) is 5.11. The highest BCUT2D eigenvalue weighted by Gasteiger charge is 2.09. The molecule has 0 saturated heterocycles. The van der Waals surface area contributed by atoms with Crippen LogP contribution in [0.25, 0.3) is 11.3 Å². The summed E-state index contributed by atoms with van der Waals surface area (Å²) in [6, 6.07) is 17.8. The lowest BCUT2D eigenvalue weighted by atomic mass is 10.1. The van der Waals surface area contributed by atoms with Gasteiger partial charge in [0.25, 0.3) is 0 Å². The van der Waals surface area contributed by atoms with Gasteiger partial charge in [0.05, 0.1) is 11.4 Å². The van der Waals surface area contributed by atoms with Gasteiger partial charge in [-0.1, -0.05) is 54.1 Å². The molecule has 3 rings (SSSR count). The van der Waals surface area contributed by atoms with Crippen molar-refractivity contribution in [3.05, 3.63) is 70.1 Å². The van der Waals surface area contributed by atoms with Crippen LogP contribution in [0.2, 0.25) is 5.02 Å². The predicted octanol–water partition coefficient (Wildman–Crippen LogP) is 5.61. The first kappa shape index (κ1) is 15.7. The lowest BCUT2D eigenvalue weighted by Gasteiger charge is -2.01. The summed E-state index contributed by atoms with van der Waals surface area (Å²) >= 11 is 7.50. The number of halogens is 1. The number of anilines is 1. The molecule has 0 aliphatic heterocycles. The van der Waals surface area contributed by atoms with Gasteiger partial charge in [-0.3, -0.25) is 5.43 Å². The van der Waals surface area contributed by atoms with E-state index in [0.29, 0.717) is 0 Å². The van der Waals surface area contributed by atoms with E-state index < -0.39 is 0 Å². The summed E-state index contributed by atoms with van der Waals surface area (Å²) in [6.07, 6.45) is 0. The number of hydrogen-bond donors (Lipinski definition) is 1. The molecule has 23 heavy (non-hydrogen) atoms. The molecule has 3 nitrogen and oxygen atoms in total. The number of thiazole rings is 1. The maximum absolute atomic E-state index is 5.90. The minimum atomic E-state index is 0.720. The number of benzene rings is 2. The first-order chi connectivity index (χ1) is 11.1. The molecule has 5 heteroatoms. The van der Waals surface area contributed by atoms with Crippen molar-refractivity contribution in [1.82, 2.24) is 4.98 Å². The minimum Gasteiger partial charge on any atom is -0.252 e. The molecule has 2 aromatic carbocycles. The van der Waals surface area contributed by atoms with Crippen LogP contribution in [0.5, 0.6) is 0 Å². The van der Waals surface area contributed by atoms with Crippen molar-refractivity contribution in [2.75, 3.05) is 5.43 Å². The average Bonchev–Trinajstić information content (AvgIpc) is 2.95. The molecule has 0 amide bonds. The fourth-order valence-electron chi connectivity index (χ4n) is 2.20. The lowest BCUT2D eigenvalue weighted by Crippen LogP contribution is -1.99. The van der Waals surface area contributed by atoms with Crippen LogP contribution in [0.15, 0.2) is 59.7 Å². The highest BCUT2D eigenvalue weighted by Crippen LogP contribution is 2.30. The molecule has 0 saturated carbocycles. The maximum Gasteiger partial charge on any atom is 0.204 e. The van der Waals surface area contributed by atoms with E-state index in [1.807, 2.05) is 49.4 Å². The summed E-state index contributed by atoms with van der Waals surface area (Å²) in [5, 5.41) is 5.92. The SMILES string of the molecule is C/C(=N/Nc1nc(-c2ccccc2)c(C)s1)c1ccc(Cl)cc1. The Balaban J connectivity index is 1.79. The molecule has 0 unspecified atom stereocenters. The molecular formula is C18H16ClN3S. The molecule has 0 aliphatic carbocycles. The molecule has 1 aromatic heterocycles. The third-order valence-electron chi connectivity index (χ3n) is 3.43. The minimum absolute atomic E-state index is 0.720. The van der Waals surface area contributed by atoms with Crippen molar-refractivity contribution in [3.63, 3.8) is 0 Å². The highest BCUT2D eigenvalue weighted by atomic mass is 35.5. The number of hydrazone groups is 1. The van der Waals surface area contributed by atoms with Gasteiger partial charge in [-0.15, -0.1) is 11.3 Å². The first-order valence-electron chi connectivity index (χ1n) is 7.22. The summed E-state index contributed by atoms with van der Waals surface area (Å²) in [6.45, 7) is 4.02. The van der Waals surface area contributed by atoms with Gasteiger partial charge < -0.3 is 0 Å². The van der Waals surface area contributed by atoms with Crippen molar-refractivity contribution in [2.45, 2.75) is 13.8 Å². The summed E-state index contributed by atoms with van der Waals surface area (Å²) in [5.74, 6) is 0. The Hall–Kier alpha value is -2.17. The van der Waals surface area contributed by atoms with Gasteiger partial charge in [-0.05, 0) is 31.5 Å². The third-order valence-corrected chi connectivity index (χ3v) is 4.55. The molecule has 1 N–H and O–H groups in total. The van der Waals surface area contributed by atoms with Gasteiger partial charge in [0.2, 0.25) is 5.13 Å². The normalized spacial score (nSPS) is 11.5. The number of aromatic nitrogens is 1. The lowest BCUT2D eigenvalue weighted by molar-refractivity contribution is 1.27. The molecule has 3 aromatic rings. The van der Waals surface area contributed by atoms with Gasteiger partial charge in [0, 0.05) is 15.5 Å². The van der Waals surface area contributed by atoms with Crippen LogP contribution < -0.4 is 5.43 Å². The Morgan fingerprint density at radius 3 is 2.48 bits per heavy atom. The summed E-state index contributed by atoms with van der Waals surface area (Å²) in [7, 11) is 0. The zero-order valence-corrected chi connectivity index (χ0v) is 14.4. The van der Waals surface area contributed by atoms with Crippen molar-refractivity contribution in [3.8, 4) is 11.3 Å². The molecule has 0 bridgehead atoms. The number of rotatable bonds is 4. The molecule has 0 spiro atoms. The van der Waals surface area contributed by atoms with E-state index in [0.717, 1.165) is 37.6 Å². The van der Waals surface area contributed by atoms with E-state index in [4.69, 9.17) is 11.6 Å². The molecule has 0 aliphatic rings. The fraction of sp³-hybridized carbons (Fsp3) is 0.111. The smallest absolute Gasteiger partial charge is 0.204 e. The summed E-state index contributed by atoms with van der Waals surface area (Å²) < 4.78 is 0. The topological polar surface area (TPSA) is 37.3 Å². The zero-order chi connectivity index (χ0) is 16.2. The van der Waals surface area contributed by atoms with E-state index in [1.54, 1.807) is 11.3 Å². The average molecular weight is 342 g/mol. The molecule has 116 valence electrons. The van der Waals surface area contributed by atoms with Crippen molar-refractivity contribution in [1.29, 1.82) is 0 Å². The van der Waals surface area contributed by atoms with E-state index >= 15 is 0 Å². The van der Waals surface area contributed by atoms with Crippen LogP contribution in [0.3, 0.4) is 0 Å². The van der Waals surface area contributed by atoms with E-state index in [-0.39, 0.29) is 0 Å². The van der Waals surface area contributed by atoms with Gasteiger partial charge in [0.15, 0.2) is 0 Å². The molecule has 0 fully saturated rings. The predicted molar refractivity (Wildman–Crippen MR) is 99.6 cm³/mol. The Kier molecular flexibility index (Phi) is 4.74. The largest absolute Gasteiger partial charge is 0.252 e. The van der Waals surface area contributed by atoms with Crippen molar-refractivity contribution >= 4 is 33.8 Å². The van der Waals surface area contributed by atoms with E-state index in [1.165, 1.54) is 0 Å². The molecule has 0 radical (unpaired) electrons. The second kappa shape index (κ2) is 6.94. The van der Waals surface area contributed by atoms with Crippen LogP contribution in [0.4, 0.5) is 5.13 Å². The fourth-order valence-corrected chi connectivity index (χ4v) is 3.10. The van der Waals surface area contributed by atoms with Crippen molar-refractivity contribution in [2.24, 2.45) is 5.10 Å². The van der Waals surface area contributed by atoms with E-state index in [2.05, 4.69) is 34.6 Å². The highest BCUT2D eigenvalue weighted by molar-refractivity contribution is 7.16. The molecule has 1 heterocycles. The quantitative estimate of drug-likeness (QED) is 0.494. The Labute approximate surface area is 144 Å². The van der Waals surface area contributed by atoms with Gasteiger partial charge in [-0.25, -0.2) is 4.98 Å². The Morgan fingerprint density at radius 1 is 1.09 bits per heavy atom. The van der Waals surface area contributed by atoms with Crippen LogP contribution in [-0.4, -0.2) is 10.7 Å². The molecular weight excluding hydrogens is 326 g/mol. The first-order valence-corrected chi connectivity index (χ1v) is 8.42. The van der Waals surface area contributed by atoms with Gasteiger partial charge in [-0.2, -0.15) is 5.10 Å². The maximum atomic E-state index is 5.90. The number of nitrogens with zero attached hydrogens (tertiary/aromatic N) is 2. The van der Waals surface area contributed by atoms with E-state index in [9.17, 15) is 0 Å². The zero-order valence-electron chi connectivity index (χ0n) is 12.9. The Morgan fingerprint density at radius 2 is 1.78 bits per heavy atom. The van der Waals surface area contributed by atoms with Gasteiger partial charge >= 0.3 is 0 Å². The summed E-state index contributed by atoms with van der Waals surface area (Å²) in [4.78, 5) is 5.80. The van der Waals surface area contributed by atoms with Crippen LogP contribution in [0, 0.1) is 6.92 Å². The number of hydrogen-bond acceptors (Lipinski definition) is 4. The number of aryl methyl sites for hydroxylation is 1. The second-order valence-corrected chi connectivity index (χ2v) is 6.75. The summed E-state index contributed by atoms with van der Waals surface area (Å²) in [5.41, 5.74) is 7.08.